The van der Waals surface area contributed by atoms with E-state index in [1.54, 1.807) is 37.4 Å². The van der Waals surface area contributed by atoms with E-state index in [-0.39, 0.29) is 5.75 Å². The minimum Gasteiger partial charge on any atom is -0.356 e. The Morgan fingerprint density at radius 2 is 1.52 bits per heavy atom. The lowest BCUT2D eigenvalue weighted by Gasteiger charge is -2.12. The van der Waals surface area contributed by atoms with Gasteiger partial charge in [0.25, 0.3) is 0 Å². The summed E-state index contributed by atoms with van der Waals surface area (Å²) in [4.78, 5) is 4.47. The van der Waals surface area contributed by atoms with E-state index in [1.165, 1.54) is 5.56 Å². The van der Waals surface area contributed by atoms with E-state index in [1.807, 2.05) is 18.2 Å². The Balaban J connectivity index is 1.70. The van der Waals surface area contributed by atoms with Crippen molar-refractivity contribution in [2.45, 2.75) is 17.7 Å². The van der Waals surface area contributed by atoms with E-state index < -0.39 is 9.84 Å². The van der Waals surface area contributed by atoms with E-state index in [0.717, 1.165) is 19.4 Å². The number of aliphatic imine (C=N–C) groups is 1. The van der Waals surface area contributed by atoms with Crippen LogP contribution in [0.5, 0.6) is 0 Å². The number of hydrogen-bond donors (Lipinski definition) is 2. The molecule has 5 nitrogen and oxygen atoms in total. The molecular formula is C19H25N3O2S. The predicted molar refractivity (Wildman–Crippen MR) is 103 cm³/mol. The third kappa shape index (κ3) is 6.58. The molecule has 2 aromatic carbocycles. The SMILES string of the molecule is CN=C(NCCCc1ccccc1)NCCS(=O)(=O)c1ccccc1. The Hall–Kier alpha value is -2.34. The molecule has 25 heavy (non-hydrogen) atoms. The maximum Gasteiger partial charge on any atom is 0.191 e. The van der Waals surface area contributed by atoms with Crippen molar-refractivity contribution in [1.82, 2.24) is 10.6 Å². The van der Waals surface area contributed by atoms with Gasteiger partial charge >= 0.3 is 0 Å². The molecule has 0 amide bonds. The molecule has 0 aliphatic heterocycles. The van der Waals surface area contributed by atoms with Gasteiger partial charge in [0.05, 0.1) is 10.6 Å². The van der Waals surface area contributed by atoms with Crippen LogP contribution in [0.25, 0.3) is 0 Å². The third-order valence-electron chi connectivity index (χ3n) is 3.77. The first-order valence-corrected chi connectivity index (χ1v) is 10.0. The monoisotopic (exact) mass is 359 g/mol. The highest BCUT2D eigenvalue weighted by Crippen LogP contribution is 2.09. The van der Waals surface area contributed by atoms with Crippen molar-refractivity contribution < 1.29 is 8.42 Å². The van der Waals surface area contributed by atoms with Crippen LogP contribution in [-0.4, -0.2) is 40.3 Å². The summed E-state index contributed by atoms with van der Waals surface area (Å²) in [6.45, 7) is 1.09. The second kappa shape index (κ2) is 9.84. The van der Waals surface area contributed by atoms with Crippen LogP contribution in [0.3, 0.4) is 0 Å². The fraction of sp³-hybridized carbons (Fsp3) is 0.316. The van der Waals surface area contributed by atoms with Crippen LogP contribution < -0.4 is 10.6 Å². The van der Waals surface area contributed by atoms with Crippen molar-refractivity contribution in [1.29, 1.82) is 0 Å². The Kier molecular flexibility index (Phi) is 7.47. The highest BCUT2D eigenvalue weighted by molar-refractivity contribution is 7.91. The van der Waals surface area contributed by atoms with Crippen LogP contribution in [0.4, 0.5) is 0 Å². The number of nitrogens with zero attached hydrogens (tertiary/aromatic N) is 1. The van der Waals surface area contributed by atoms with Crippen LogP contribution >= 0.6 is 0 Å². The standard InChI is InChI=1S/C19H25N3O2S/c1-20-19(21-14-8-11-17-9-4-2-5-10-17)22-15-16-25(23,24)18-12-6-3-7-13-18/h2-7,9-10,12-13H,8,11,14-16H2,1H3,(H2,20,21,22). The lowest BCUT2D eigenvalue weighted by atomic mass is 10.1. The maximum absolute atomic E-state index is 12.2. The van der Waals surface area contributed by atoms with Crippen molar-refractivity contribution >= 4 is 15.8 Å². The van der Waals surface area contributed by atoms with Gasteiger partial charge in [-0.05, 0) is 30.5 Å². The minimum atomic E-state index is -3.27. The molecule has 0 aliphatic carbocycles. The number of sulfone groups is 1. The second-order valence-electron chi connectivity index (χ2n) is 5.65. The van der Waals surface area contributed by atoms with Gasteiger partial charge in [-0.3, -0.25) is 4.99 Å². The molecular weight excluding hydrogens is 334 g/mol. The molecule has 2 aromatic rings. The molecule has 2 N–H and O–H groups in total. The fourth-order valence-corrected chi connectivity index (χ4v) is 3.59. The summed E-state index contributed by atoms with van der Waals surface area (Å²) in [6, 6.07) is 18.8. The molecule has 2 rings (SSSR count). The van der Waals surface area contributed by atoms with Gasteiger partial charge < -0.3 is 10.6 Å². The Morgan fingerprint density at radius 3 is 2.16 bits per heavy atom. The van der Waals surface area contributed by atoms with Crippen molar-refractivity contribution in [3.63, 3.8) is 0 Å². The summed E-state index contributed by atoms with van der Waals surface area (Å²) in [6.07, 6.45) is 1.97. The lowest BCUT2D eigenvalue weighted by Crippen LogP contribution is -2.40. The lowest BCUT2D eigenvalue weighted by molar-refractivity contribution is 0.594. The minimum absolute atomic E-state index is 0.0295. The average Bonchev–Trinajstić information content (AvgIpc) is 2.65. The first kappa shape index (κ1) is 19.0. The van der Waals surface area contributed by atoms with Crippen molar-refractivity contribution in [3.8, 4) is 0 Å². The zero-order valence-electron chi connectivity index (χ0n) is 14.5. The highest BCUT2D eigenvalue weighted by atomic mass is 32.2. The number of rotatable bonds is 8. The number of benzene rings is 2. The summed E-state index contributed by atoms with van der Waals surface area (Å²) in [5.41, 5.74) is 1.31. The molecule has 0 unspecified atom stereocenters. The first-order valence-electron chi connectivity index (χ1n) is 8.38. The molecule has 0 aromatic heterocycles. The molecule has 0 heterocycles. The van der Waals surface area contributed by atoms with Crippen LogP contribution in [-0.2, 0) is 16.3 Å². The van der Waals surface area contributed by atoms with E-state index in [9.17, 15) is 8.42 Å². The zero-order valence-corrected chi connectivity index (χ0v) is 15.3. The van der Waals surface area contributed by atoms with Crippen LogP contribution in [0.15, 0.2) is 70.6 Å². The summed E-state index contributed by atoms with van der Waals surface area (Å²) in [5.74, 6) is 0.651. The van der Waals surface area contributed by atoms with Crippen molar-refractivity contribution in [3.05, 3.63) is 66.2 Å². The quantitative estimate of drug-likeness (QED) is 0.431. The summed E-state index contributed by atoms with van der Waals surface area (Å²) < 4.78 is 24.4. The number of nitrogens with one attached hydrogen (secondary N) is 2. The largest absolute Gasteiger partial charge is 0.356 e. The molecule has 0 spiro atoms. The molecule has 0 saturated carbocycles. The predicted octanol–water partition coefficient (Wildman–Crippen LogP) is 2.26. The molecule has 0 atom stereocenters. The van der Waals surface area contributed by atoms with Gasteiger partial charge in [-0.2, -0.15) is 0 Å². The van der Waals surface area contributed by atoms with Crippen molar-refractivity contribution in [2.75, 3.05) is 25.9 Å². The highest BCUT2D eigenvalue weighted by Gasteiger charge is 2.13. The third-order valence-corrected chi connectivity index (χ3v) is 5.50. The van der Waals surface area contributed by atoms with Gasteiger partial charge in [0.1, 0.15) is 0 Å². The zero-order chi connectivity index (χ0) is 18.0. The molecule has 0 saturated heterocycles. The molecule has 134 valence electrons. The van der Waals surface area contributed by atoms with Crippen LogP contribution in [0.1, 0.15) is 12.0 Å². The van der Waals surface area contributed by atoms with E-state index >= 15 is 0 Å². The Bertz CT molecular complexity index is 760. The van der Waals surface area contributed by atoms with Gasteiger partial charge in [-0.15, -0.1) is 0 Å². The molecule has 0 radical (unpaired) electrons. The molecule has 0 fully saturated rings. The van der Waals surface area contributed by atoms with Crippen molar-refractivity contribution in [2.24, 2.45) is 4.99 Å². The number of hydrogen-bond acceptors (Lipinski definition) is 3. The average molecular weight is 359 g/mol. The molecule has 0 aliphatic rings. The van der Waals surface area contributed by atoms with E-state index in [4.69, 9.17) is 0 Å². The van der Waals surface area contributed by atoms with Crippen LogP contribution in [0, 0.1) is 0 Å². The van der Waals surface area contributed by atoms with Gasteiger partial charge in [-0.25, -0.2) is 8.42 Å². The number of guanidine groups is 1. The second-order valence-corrected chi connectivity index (χ2v) is 7.76. The summed E-state index contributed by atoms with van der Waals surface area (Å²) >= 11 is 0. The molecule has 0 bridgehead atoms. The van der Waals surface area contributed by atoms with Gasteiger partial charge in [0, 0.05) is 20.1 Å². The van der Waals surface area contributed by atoms with E-state index in [0.29, 0.717) is 17.4 Å². The smallest absolute Gasteiger partial charge is 0.191 e. The molecule has 6 heteroatoms. The van der Waals surface area contributed by atoms with Gasteiger partial charge in [0.15, 0.2) is 15.8 Å². The fourth-order valence-electron chi connectivity index (χ4n) is 2.41. The van der Waals surface area contributed by atoms with Gasteiger partial charge in [0.2, 0.25) is 0 Å². The Labute approximate surface area is 150 Å². The topological polar surface area (TPSA) is 70.6 Å². The number of aryl methyl sites for hydroxylation is 1. The summed E-state index contributed by atoms with van der Waals surface area (Å²) in [5, 5.41) is 6.26. The van der Waals surface area contributed by atoms with Crippen LogP contribution in [0.2, 0.25) is 0 Å². The van der Waals surface area contributed by atoms with Gasteiger partial charge in [-0.1, -0.05) is 48.5 Å². The maximum atomic E-state index is 12.2. The summed E-state index contributed by atoms with van der Waals surface area (Å²) in [7, 11) is -1.59. The van der Waals surface area contributed by atoms with E-state index in [2.05, 4.69) is 27.8 Å². The Morgan fingerprint density at radius 1 is 0.920 bits per heavy atom. The first-order chi connectivity index (χ1) is 12.1. The normalized spacial score (nSPS) is 12.0.